The van der Waals surface area contributed by atoms with E-state index in [0.717, 1.165) is 11.1 Å². The third kappa shape index (κ3) is 3.98. The highest BCUT2D eigenvalue weighted by Crippen LogP contribution is 2.42. The summed E-state index contributed by atoms with van der Waals surface area (Å²) >= 11 is 6.21. The predicted molar refractivity (Wildman–Crippen MR) is 106 cm³/mol. The first kappa shape index (κ1) is 20.2. The number of carbonyl (C=O) groups is 2. The Labute approximate surface area is 168 Å². The second kappa shape index (κ2) is 8.20. The van der Waals surface area contributed by atoms with E-state index in [0.29, 0.717) is 22.0 Å². The van der Waals surface area contributed by atoms with Gasteiger partial charge in [-0.2, -0.15) is 0 Å². The van der Waals surface area contributed by atoms with Crippen molar-refractivity contribution in [2.45, 2.75) is 38.4 Å². The molecule has 6 nitrogen and oxygen atoms in total. The van der Waals surface area contributed by atoms with Gasteiger partial charge in [-0.1, -0.05) is 37.6 Å². The molecule has 7 heteroatoms. The Bertz CT molecular complexity index is 912. The second-order valence-corrected chi connectivity index (χ2v) is 7.38. The molecule has 1 aliphatic rings. The number of hydrogen-bond donors (Lipinski definition) is 2. The summed E-state index contributed by atoms with van der Waals surface area (Å²) in [5.41, 5.74) is 2.96. The number of nitrogens with one attached hydrogen (secondary N) is 1. The zero-order valence-corrected chi connectivity index (χ0v) is 16.6. The molecule has 2 aromatic carbocycles. The Balaban J connectivity index is 2.21. The number of ether oxygens (including phenoxy) is 2. The van der Waals surface area contributed by atoms with E-state index >= 15 is 0 Å². The number of halogens is 1. The van der Waals surface area contributed by atoms with Crippen molar-refractivity contribution < 1.29 is 24.2 Å². The number of benzene rings is 2. The number of carbonyl (C=O) groups excluding carboxylic acids is 1. The van der Waals surface area contributed by atoms with Crippen LogP contribution < -0.4 is 10.1 Å². The van der Waals surface area contributed by atoms with Crippen LogP contribution in [0.25, 0.3) is 0 Å². The maximum absolute atomic E-state index is 12.6. The molecule has 2 atom stereocenters. The monoisotopic (exact) mass is 403 g/mol. The van der Waals surface area contributed by atoms with E-state index in [1.54, 1.807) is 25.3 Å². The van der Waals surface area contributed by atoms with Crippen LogP contribution >= 0.6 is 11.6 Å². The van der Waals surface area contributed by atoms with Crippen molar-refractivity contribution in [3.8, 4) is 5.75 Å². The first-order valence-corrected chi connectivity index (χ1v) is 9.34. The molecular weight excluding hydrogens is 382 g/mol. The molecule has 1 aliphatic heterocycles. The molecular formula is C21H22ClNO5. The first-order chi connectivity index (χ1) is 13.3. The number of amides is 1. The van der Waals surface area contributed by atoms with Crippen molar-refractivity contribution >= 4 is 29.2 Å². The molecule has 1 heterocycles. The summed E-state index contributed by atoms with van der Waals surface area (Å²) in [6.45, 7) is 4.07. The average Bonchev–Trinajstić information content (AvgIpc) is 2.77. The smallest absolute Gasteiger partial charge is 0.306 e. The van der Waals surface area contributed by atoms with Crippen molar-refractivity contribution in [2.24, 2.45) is 0 Å². The Kier molecular flexibility index (Phi) is 5.91. The van der Waals surface area contributed by atoms with Crippen LogP contribution in [0, 0.1) is 0 Å². The lowest BCUT2D eigenvalue weighted by Gasteiger charge is -2.26. The van der Waals surface area contributed by atoms with E-state index in [2.05, 4.69) is 5.32 Å². The molecule has 28 heavy (non-hydrogen) atoms. The zero-order valence-electron chi connectivity index (χ0n) is 15.9. The van der Waals surface area contributed by atoms with Gasteiger partial charge in [0.1, 0.15) is 18.0 Å². The SMILES string of the molecule is COc1cccc(C2OC(CC(=O)O)C(=O)Nc3ccc(Cl)cc32)c1C(C)C. The maximum Gasteiger partial charge on any atom is 0.306 e. The van der Waals surface area contributed by atoms with Gasteiger partial charge in [-0.25, -0.2) is 0 Å². The molecule has 0 saturated heterocycles. The maximum atomic E-state index is 12.6. The molecule has 0 spiro atoms. The molecule has 148 valence electrons. The molecule has 2 aromatic rings. The summed E-state index contributed by atoms with van der Waals surface area (Å²) in [5, 5.41) is 12.5. The van der Waals surface area contributed by atoms with Gasteiger partial charge >= 0.3 is 5.97 Å². The molecule has 0 radical (unpaired) electrons. The Morgan fingerprint density at radius 2 is 2.04 bits per heavy atom. The van der Waals surface area contributed by atoms with Crippen LogP contribution in [0.4, 0.5) is 5.69 Å². The van der Waals surface area contributed by atoms with E-state index in [1.165, 1.54) is 0 Å². The highest BCUT2D eigenvalue weighted by atomic mass is 35.5. The van der Waals surface area contributed by atoms with Gasteiger partial charge in [0, 0.05) is 21.8 Å². The van der Waals surface area contributed by atoms with E-state index in [-0.39, 0.29) is 5.92 Å². The number of fused-ring (bicyclic) bond motifs is 1. The number of carboxylic acids is 1. The lowest BCUT2D eigenvalue weighted by molar-refractivity contribution is -0.146. The minimum Gasteiger partial charge on any atom is -0.496 e. The summed E-state index contributed by atoms with van der Waals surface area (Å²) < 4.78 is 11.6. The summed E-state index contributed by atoms with van der Waals surface area (Å²) in [4.78, 5) is 23.8. The number of methoxy groups -OCH3 is 1. The lowest BCUT2D eigenvalue weighted by atomic mass is 9.89. The van der Waals surface area contributed by atoms with Crippen molar-refractivity contribution in [2.75, 3.05) is 12.4 Å². The van der Waals surface area contributed by atoms with Crippen LogP contribution in [0.1, 0.15) is 49.0 Å². The predicted octanol–water partition coefficient (Wildman–Crippen LogP) is 4.37. The summed E-state index contributed by atoms with van der Waals surface area (Å²) in [6.07, 6.45) is -2.25. The molecule has 2 N–H and O–H groups in total. The fraction of sp³-hybridized carbons (Fsp3) is 0.333. The summed E-state index contributed by atoms with van der Waals surface area (Å²) in [7, 11) is 1.60. The average molecular weight is 404 g/mol. The van der Waals surface area contributed by atoms with E-state index in [9.17, 15) is 14.7 Å². The second-order valence-electron chi connectivity index (χ2n) is 6.94. The van der Waals surface area contributed by atoms with Gasteiger partial charge in [0.25, 0.3) is 5.91 Å². The van der Waals surface area contributed by atoms with Crippen LogP contribution in [-0.2, 0) is 14.3 Å². The molecule has 0 saturated carbocycles. The molecule has 3 rings (SSSR count). The van der Waals surface area contributed by atoms with Crippen LogP contribution in [0.3, 0.4) is 0 Å². The molecule has 0 fully saturated rings. The Morgan fingerprint density at radius 3 is 2.68 bits per heavy atom. The van der Waals surface area contributed by atoms with Crippen LogP contribution in [0.15, 0.2) is 36.4 Å². The van der Waals surface area contributed by atoms with Gasteiger partial charge in [-0.05, 0) is 35.7 Å². The van der Waals surface area contributed by atoms with Gasteiger partial charge in [0.15, 0.2) is 0 Å². The van der Waals surface area contributed by atoms with Crippen molar-refractivity contribution in [1.29, 1.82) is 0 Å². The molecule has 0 aliphatic carbocycles. The molecule has 2 unspecified atom stereocenters. The number of hydrogen-bond acceptors (Lipinski definition) is 4. The minimum absolute atomic E-state index is 0.113. The highest BCUT2D eigenvalue weighted by Gasteiger charge is 2.35. The first-order valence-electron chi connectivity index (χ1n) is 8.96. The van der Waals surface area contributed by atoms with Crippen LogP contribution in [-0.4, -0.2) is 30.2 Å². The quantitative estimate of drug-likeness (QED) is 0.774. The molecule has 1 amide bonds. The fourth-order valence-electron chi connectivity index (χ4n) is 3.50. The third-order valence-corrected chi connectivity index (χ3v) is 4.92. The Hall–Kier alpha value is -2.57. The summed E-state index contributed by atoms with van der Waals surface area (Å²) in [5.74, 6) is -0.791. The summed E-state index contributed by atoms with van der Waals surface area (Å²) in [6, 6.07) is 10.7. The zero-order chi connectivity index (χ0) is 20.4. The van der Waals surface area contributed by atoms with Gasteiger partial charge in [0.2, 0.25) is 0 Å². The van der Waals surface area contributed by atoms with Gasteiger partial charge < -0.3 is 19.9 Å². The topological polar surface area (TPSA) is 84.9 Å². The van der Waals surface area contributed by atoms with Crippen LogP contribution in [0.5, 0.6) is 5.75 Å². The van der Waals surface area contributed by atoms with E-state index in [4.69, 9.17) is 21.1 Å². The standard InChI is InChI=1S/C21H22ClNO5/c1-11(2)19-13(5-4-6-16(19)27-3)20-14-9-12(22)7-8-15(14)23-21(26)17(28-20)10-18(24)25/h4-9,11,17,20H,10H2,1-3H3,(H,23,26)(H,24,25). The van der Waals surface area contributed by atoms with Gasteiger partial charge in [-0.3, -0.25) is 9.59 Å². The normalized spacial score (nSPS) is 19.0. The van der Waals surface area contributed by atoms with Gasteiger partial charge in [0.05, 0.1) is 13.5 Å². The minimum atomic E-state index is -1.14. The van der Waals surface area contributed by atoms with E-state index < -0.39 is 30.5 Å². The third-order valence-electron chi connectivity index (χ3n) is 4.69. The van der Waals surface area contributed by atoms with Gasteiger partial charge in [-0.15, -0.1) is 0 Å². The number of rotatable bonds is 5. The van der Waals surface area contributed by atoms with Crippen LogP contribution in [0.2, 0.25) is 5.02 Å². The number of anilines is 1. The van der Waals surface area contributed by atoms with Crippen molar-refractivity contribution in [3.05, 3.63) is 58.1 Å². The number of carboxylic acid groups (broad SMARTS) is 1. The molecule has 0 aromatic heterocycles. The lowest BCUT2D eigenvalue weighted by Crippen LogP contribution is -2.31. The largest absolute Gasteiger partial charge is 0.496 e. The van der Waals surface area contributed by atoms with Crippen molar-refractivity contribution in [1.82, 2.24) is 0 Å². The fourth-order valence-corrected chi connectivity index (χ4v) is 3.68. The van der Waals surface area contributed by atoms with Crippen molar-refractivity contribution in [3.63, 3.8) is 0 Å². The van der Waals surface area contributed by atoms with E-state index in [1.807, 2.05) is 32.0 Å². The molecule has 0 bridgehead atoms. The Morgan fingerprint density at radius 1 is 1.29 bits per heavy atom. The highest BCUT2D eigenvalue weighted by molar-refractivity contribution is 6.30. The number of aliphatic carboxylic acids is 1.